The van der Waals surface area contributed by atoms with Crippen molar-refractivity contribution in [3.63, 3.8) is 0 Å². The van der Waals surface area contributed by atoms with Crippen LogP contribution in [-0.4, -0.2) is 26.0 Å². The van der Waals surface area contributed by atoms with E-state index in [0.717, 1.165) is 10.9 Å². The van der Waals surface area contributed by atoms with Crippen molar-refractivity contribution in [3.8, 4) is 0 Å². The van der Waals surface area contributed by atoms with Crippen molar-refractivity contribution in [3.05, 3.63) is 35.0 Å². The van der Waals surface area contributed by atoms with E-state index in [1.54, 1.807) is 6.07 Å². The minimum absolute atomic E-state index is 0.0598. The van der Waals surface area contributed by atoms with Gasteiger partial charge in [0.1, 0.15) is 10.0 Å². The third-order valence-electron chi connectivity index (χ3n) is 3.12. The average molecular weight is 328 g/mol. The van der Waals surface area contributed by atoms with Crippen LogP contribution in [0.1, 0.15) is 18.9 Å². The lowest BCUT2D eigenvalue weighted by Gasteiger charge is -2.11. The Bertz CT molecular complexity index is 760. The summed E-state index contributed by atoms with van der Waals surface area (Å²) in [6.07, 6.45) is 0.567. The van der Waals surface area contributed by atoms with Crippen molar-refractivity contribution in [2.75, 3.05) is 6.54 Å². The Morgan fingerprint density at radius 3 is 2.81 bits per heavy atom. The Kier molecular flexibility index (Phi) is 4.83. The van der Waals surface area contributed by atoms with Gasteiger partial charge in [0.25, 0.3) is 0 Å². The van der Waals surface area contributed by atoms with Crippen LogP contribution in [0.2, 0.25) is 5.15 Å². The van der Waals surface area contributed by atoms with Crippen molar-refractivity contribution in [1.29, 1.82) is 0 Å². The second-order valence-corrected chi connectivity index (χ2v) is 7.18. The number of pyridine rings is 1. The van der Waals surface area contributed by atoms with Crippen LogP contribution in [0, 0.1) is 6.92 Å². The fourth-order valence-corrected chi connectivity index (χ4v) is 3.33. The van der Waals surface area contributed by atoms with Gasteiger partial charge in [-0.2, -0.15) is 0 Å². The molecule has 0 radical (unpaired) electrons. The van der Waals surface area contributed by atoms with Crippen LogP contribution in [0.3, 0.4) is 0 Å². The molecule has 1 aromatic heterocycles. The van der Waals surface area contributed by atoms with Gasteiger partial charge in [0.05, 0.1) is 5.52 Å². The lowest BCUT2D eigenvalue weighted by Crippen LogP contribution is -2.29. The molecule has 2 aromatic rings. The van der Waals surface area contributed by atoms with E-state index in [1.165, 1.54) is 6.07 Å². The molecule has 0 saturated carbocycles. The molecule has 0 aliphatic carbocycles. The SMILES string of the molecule is Cc1cc2cccc(S(=O)(=O)NCCC(C)N)c2nc1Cl. The van der Waals surface area contributed by atoms with Gasteiger partial charge in [-0.1, -0.05) is 23.7 Å². The molecule has 3 N–H and O–H groups in total. The summed E-state index contributed by atoms with van der Waals surface area (Å²) in [6.45, 7) is 3.95. The second-order valence-electron chi connectivity index (χ2n) is 5.09. The number of nitrogens with two attached hydrogens (primary N) is 1. The number of nitrogens with zero attached hydrogens (tertiary/aromatic N) is 1. The van der Waals surface area contributed by atoms with E-state index in [4.69, 9.17) is 17.3 Å². The van der Waals surface area contributed by atoms with Crippen molar-refractivity contribution in [2.45, 2.75) is 31.2 Å². The first-order valence-corrected chi connectivity index (χ1v) is 8.48. The van der Waals surface area contributed by atoms with Gasteiger partial charge in [-0.15, -0.1) is 0 Å². The molecule has 0 aliphatic rings. The monoisotopic (exact) mass is 327 g/mol. The number of halogens is 1. The largest absolute Gasteiger partial charge is 0.328 e. The number of rotatable bonds is 5. The lowest BCUT2D eigenvalue weighted by molar-refractivity contribution is 0.572. The molecule has 1 heterocycles. The minimum atomic E-state index is -3.64. The van der Waals surface area contributed by atoms with Crippen molar-refractivity contribution in [1.82, 2.24) is 9.71 Å². The Labute approximate surface area is 129 Å². The van der Waals surface area contributed by atoms with Crippen molar-refractivity contribution < 1.29 is 8.42 Å². The summed E-state index contributed by atoms with van der Waals surface area (Å²) in [5, 5.41) is 1.05. The van der Waals surface area contributed by atoms with Gasteiger partial charge in [0.15, 0.2) is 0 Å². The first-order valence-electron chi connectivity index (χ1n) is 6.62. The summed E-state index contributed by atoms with van der Waals surface area (Å²) in [7, 11) is -3.64. The van der Waals surface area contributed by atoms with E-state index in [2.05, 4.69) is 9.71 Å². The van der Waals surface area contributed by atoms with Crippen LogP contribution in [0.25, 0.3) is 10.9 Å². The molecule has 5 nitrogen and oxygen atoms in total. The van der Waals surface area contributed by atoms with Crippen LogP contribution in [-0.2, 0) is 10.0 Å². The van der Waals surface area contributed by atoms with Gasteiger partial charge in [-0.05, 0) is 38.0 Å². The van der Waals surface area contributed by atoms with Gasteiger partial charge >= 0.3 is 0 Å². The Morgan fingerprint density at radius 2 is 2.14 bits per heavy atom. The van der Waals surface area contributed by atoms with E-state index in [-0.39, 0.29) is 17.5 Å². The third-order valence-corrected chi connectivity index (χ3v) is 4.99. The fourth-order valence-electron chi connectivity index (χ4n) is 1.97. The molecule has 114 valence electrons. The lowest BCUT2D eigenvalue weighted by atomic mass is 10.2. The van der Waals surface area contributed by atoms with Crippen LogP contribution >= 0.6 is 11.6 Å². The summed E-state index contributed by atoms with van der Waals surface area (Å²) in [5.74, 6) is 0. The molecule has 2 rings (SSSR count). The maximum Gasteiger partial charge on any atom is 0.242 e. The predicted molar refractivity (Wildman–Crippen MR) is 84.9 cm³/mol. The summed E-state index contributed by atoms with van der Waals surface area (Å²) < 4.78 is 27.3. The Balaban J connectivity index is 2.43. The van der Waals surface area contributed by atoms with Gasteiger partial charge in [0.2, 0.25) is 10.0 Å². The fraction of sp³-hybridized carbons (Fsp3) is 0.357. The molecule has 1 unspecified atom stereocenters. The van der Waals surface area contributed by atoms with E-state index in [1.807, 2.05) is 26.0 Å². The normalized spacial score (nSPS) is 13.5. The van der Waals surface area contributed by atoms with Gasteiger partial charge in [0, 0.05) is 18.0 Å². The molecule has 0 saturated heterocycles. The quantitative estimate of drug-likeness (QED) is 0.824. The van der Waals surface area contributed by atoms with Gasteiger partial charge in [-0.3, -0.25) is 0 Å². The van der Waals surface area contributed by atoms with Crippen LogP contribution < -0.4 is 10.5 Å². The number of aryl methyl sites for hydroxylation is 1. The van der Waals surface area contributed by atoms with E-state index < -0.39 is 10.0 Å². The number of benzene rings is 1. The maximum atomic E-state index is 12.4. The molecule has 1 atom stereocenters. The maximum absolute atomic E-state index is 12.4. The van der Waals surface area contributed by atoms with Crippen LogP contribution in [0.4, 0.5) is 0 Å². The first-order chi connectivity index (χ1) is 9.81. The highest BCUT2D eigenvalue weighted by Gasteiger charge is 2.18. The number of sulfonamides is 1. The number of hydrogen-bond donors (Lipinski definition) is 2. The standard InChI is InChI=1S/C14H18ClN3O2S/c1-9-8-11-4-3-5-12(13(11)18-14(9)15)21(19,20)17-7-6-10(2)16/h3-5,8,10,17H,6-7,16H2,1-2H3. The summed E-state index contributed by atoms with van der Waals surface area (Å²) in [5.41, 5.74) is 6.81. The number of fused-ring (bicyclic) bond motifs is 1. The molecular weight excluding hydrogens is 310 g/mol. The summed E-state index contributed by atoms with van der Waals surface area (Å²) in [6, 6.07) is 6.79. The highest BCUT2D eigenvalue weighted by molar-refractivity contribution is 7.89. The molecule has 0 bridgehead atoms. The minimum Gasteiger partial charge on any atom is -0.328 e. The molecule has 21 heavy (non-hydrogen) atoms. The number of aromatic nitrogens is 1. The summed E-state index contributed by atoms with van der Waals surface area (Å²) in [4.78, 5) is 4.34. The number of hydrogen-bond acceptors (Lipinski definition) is 4. The molecule has 1 aromatic carbocycles. The molecule has 0 aliphatic heterocycles. The third kappa shape index (κ3) is 3.71. The van der Waals surface area contributed by atoms with E-state index in [0.29, 0.717) is 17.1 Å². The number of nitrogens with one attached hydrogen (secondary N) is 1. The molecular formula is C14H18ClN3O2S. The highest BCUT2D eigenvalue weighted by Crippen LogP contribution is 2.25. The first kappa shape index (κ1) is 16.2. The van der Waals surface area contributed by atoms with E-state index >= 15 is 0 Å². The summed E-state index contributed by atoms with van der Waals surface area (Å²) >= 11 is 6.01. The predicted octanol–water partition coefficient (Wildman–Crippen LogP) is 2.21. The zero-order valence-electron chi connectivity index (χ0n) is 11.9. The van der Waals surface area contributed by atoms with E-state index in [9.17, 15) is 8.42 Å². The second kappa shape index (κ2) is 6.27. The molecule has 0 amide bonds. The Morgan fingerprint density at radius 1 is 1.43 bits per heavy atom. The van der Waals surface area contributed by atoms with Gasteiger partial charge < -0.3 is 5.73 Å². The molecule has 0 fully saturated rings. The molecule has 0 spiro atoms. The van der Waals surface area contributed by atoms with Gasteiger partial charge in [-0.25, -0.2) is 18.1 Å². The Hall–Kier alpha value is -1.21. The van der Waals surface area contributed by atoms with Crippen LogP contribution in [0.15, 0.2) is 29.2 Å². The smallest absolute Gasteiger partial charge is 0.242 e. The van der Waals surface area contributed by atoms with Crippen molar-refractivity contribution in [2.24, 2.45) is 5.73 Å². The topological polar surface area (TPSA) is 85.1 Å². The van der Waals surface area contributed by atoms with Crippen LogP contribution in [0.5, 0.6) is 0 Å². The zero-order valence-corrected chi connectivity index (χ0v) is 13.5. The average Bonchev–Trinajstić information content (AvgIpc) is 2.38. The highest BCUT2D eigenvalue weighted by atomic mass is 35.5. The molecule has 7 heteroatoms. The number of para-hydroxylation sites is 1. The van der Waals surface area contributed by atoms with Crippen molar-refractivity contribution >= 4 is 32.5 Å². The zero-order chi connectivity index (χ0) is 15.6.